The number of ketones is 1. The number of anilines is 3. The normalized spacial score (nSPS) is 18.6. The smallest absolute Gasteiger partial charge is 0.247 e. The Bertz CT molecular complexity index is 1110. The first-order valence-corrected chi connectivity index (χ1v) is 10.5. The van der Waals surface area contributed by atoms with Gasteiger partial charge in [-0.3, -0.25) is 4.79 Å². The second-order valence-corrected chi connectivity index (χ2v) is 8.77. The van der Waals surface area contributed by atoms with Crippen LogP contribution in [0.3, 0.4) is 0 Å². The molecule has 0 saturated carbocycles. The number of fused-ring (bicyclic) bond motifs is 2. The van der Waals surface area contributed by atoms with E-state index >= 15 is 0 Å². The van der Waals surface area contributed by atoms with Crippen LogP contribution in [0.25, 0.3) is 5.65 Å². The first-order chi connectivity index (χ1) is 14.4. The summed E-state index contributed by atoms with van der Waals surface area (Å²) in [6.45, 7) is 6.03. The second kappa shape index (κ2) is 7.05. The molecule has 0 amide bonds. The van der Waals surface area contributed by atoms with Crippen molar-refractivity contribution in [1.82, 2.24) is 24.9 Å². The minimum absolute atomic E-state index is 0.261. The van der Waals surface area contributed by atoms with E-state index in [1.807, 2.05) is 38.2 Å². The molecule has 5 rings (SSSR count). The number of carbonyl (C=O) groups excluding carboxylic acids is 1. The number of nitrogens with zero attached hydrogens (tertiary/aromatic N) is 5. The SMILES string of the molecule is CN(c1nccn2nc(Nc3ccc4c(c3)CC(=O)C4(C)C)nc12)C1CCNCC1. The molecule has 1 aliphatic heterocycles. The first kappa shape index (κ1) is 19.0. The molecule has 3 aromatic rings. The van der Waals surface area contributed by atoms with Gasteiger partial charge in [0.15, 0.2) is 11.5 Å². The molecule has 2 N–H and O–H groups in total. The maximum atomic E-state index is 12.3. The van der Waals surface area contributed by atoms with Gasteiger partial charge in [-0.1, -0.05) is 6.07 Å². The van der Waals surface area contributed by atoms with Crippen LogP contribution < -0.4 is 15.5 Å². The third kappa shape index (κ3) is 3.11. The molecule has 1 aliphatic carbocycles. The van der Waals surface area contributed by atoms with Crippen LogP contribution in [0.5, 0.6) is 0 Å². The summed E-state index contributed by atoms with van der Waals surface area (Å²) < 4.78 is 1.77. The van der Waals surface area contributed by atoms with E-state index in [1.54, 1.807) is 10.7 Å². The number of hydrogen-bond acceptors (Lipinski definition) is 7. The van der Waals surface area contributed by atoms with E-state index in [2.05, 4.69) is 32.7 Å². The molecule has 0 unspecified atom stereocenters. The summed E-state index contributed by atoms with van der Waals surface area (Å²) in [6.07, 6.45) is 6.23. The largest absolute Gasteiger partial charge is 0.353 e. The van der Waals surface area contributed by atoms with E-state index in [1.165, 1.54) is 0 Å². The molecule has 1 saturated heterocycles. The number of Topliss-reactive ketones (excluding diaryl/α,β-unsaturated/α-hetero) is 1. The number of benzene rings is 1. The summed E-state index contributed by atoms with van der Waals surface area (Å²) in [4.78, 5) is 23.8. The Kier molecular flexibility index (Phi) is 4.47. The van der Waals surface area contributed by atoms with Gasteiger partial charge in [0.2, 0.25) is 5.95 Å². The molecule has 156 valence electrons. The Morgan fingerprint density at radius 2 is 2.07 bits per heavy atom. The zero-order chi connectivity index (χ0) is 20.9. The zero-order valence-corrected chi connectivity index (χ0v) is 17.6. The minimum Gasteiger partial charge on any atom is -0.353 e. The number of hydrogen-bond donors (Lipinski definition) is 2. The molecule has 0 atom stereocenters. The van der Waals surface area contributed by atoms with E-state index in [0.717, 1.165) is 54.2 Å². The van der Waals surface area contributed by atoms with Crippen LogP contribution >= 0.6 is 0 Å². The van der Waals surface area contributed by atoms with Crippen molar-refractivity contribution in [2.24, 2.45) is 0 Å². The lowest BCUT2D eigenvalue weighted by molar-refractivity contribution is -0.121. The number of nitrogens with one attached hydrogen (secondary N) is 2. The van der Waals surface area contributed by atoms with Gasteiger partial charge < -0.3 is 15.5 Å². The predicted molar refractivity (Wildman–Crippen MR) is 117 cm³/mol. The van der Waals surface area contributed by atoms with Crippen molar-refractivity contribution in [3.63, 3.8) is 0 Å². The van der Waals surface area contributed by atoms with Crippen LogP contribution in [0.1, 0.15) is 37.8 Å². The van der Waals surface area contributed by atoms with Crippen LogP contribution in [0.2, 0.25) is 0 Å². The van der Waals surface area contributed by atoms with Crippen LogP contribution in [-0.2, 0) is 16.6 Å². The van der Waals surface area contributed by atoms with Gasteiger partial charge in [0, 0.05) is 43.0 Å². The number of aromatic nitrogens is 4. The van der Waals surface area contributed by atoms with E-state index < -0.39 is 5.41 Å². The highest BCUT2D eigenvalue weighted by Gasteiger charge is 2.37. The van der Waals surface area contributed by atoms with E-state index in [9.17, 15) is 4.79 Å². The van der Waals surface area contributed by atoms with E-state index in [-0.39, 0.29) is 5.78 Å². The fraction of sp³-hybridized carbons (Fsp3) is 0.455. The summed E-state index contributed by atoms with van der Waals surface area (Å²) in [5, 5.41) is 11.3. The van der Waals surface area contributed by atoms with Gasteiger partial charge in [-0.15, -0.1) is 5.10 Å². The van der Waals surface area contributed by atoms with Gasteiger partial charge >= 0.3 is 0 Å². The minimum atomic E-state index is -0.408. The van der Waals surface area contributed by atoms with Crippen molar-refractivity contribution < 1.29 is 4.79 Å². The van der Waals surface area contributed by atoms with Gasteiger partial charge in [-0.2, -0.15) is 4.98 Å². The highest BCUT2D eigenvalue weighted by Crippen LogP contribution is 2.37. The summed E-state index contributed by atoms with van der Waals surface area (Å²) in [5.74, 6) is 1.62. The molecule has 2 aromatic heterocycles. The molecule has 0 bridgehead atoms. The average molecular weight is 406 g/mol. The highest BCUT2D eigenvalue weighted by atomic mass is 16.1. The van der Waals surface area contributed by atoms with Gasteiger partial charge in [-0.25, -0.2) is 9.50 Å². The van der Waals surface area contributed by atoms with E-state index in [0.29, 0.717) is 18.4 Å². The van der Waals surface area contributed by atoms with Crippen LogP contribution in [-0.4, -0.2) is 51.5 Å². The second-order valence-electron chi connectivity index (χ2n) is 8.77. The monoisotopic (exact) mass is 405 g/mol. The first-order valence-electron chi connectivity index (χ1n) is 10.5. The maximum Gasteiger partial charge on any atom is 0.247 e. The Morgan fingerprint density at radius 3 is 2.87 bits per heavy atom. The molecule has 30 heavy (non-hydrogen) atoms. The summed E-state index contributed by atoms with van der Waals surface area (Å²) in [6, 6.07) is 6.51. The summed E-state index contributed by atoms with van der Waals surface area (Å²) in [5.41, 5.74) is 3.40. The van der Waals surface area contributed by atoms with Crippen molar-refractivity contribution in [2.45, 2.75) is 44.6 Å². The quantitative estimate of drug-likeness (QED) is 0.689. The molecule has 1 aromatic carbocycles. The Hall–Kier alpha value is -3.00. The number of carbonyl (C=O) groups is 1. The lowest BCUT2D eigenvalue weighted by Crippen LogP contribution is -2.41. The topological polar surface area (TPSA) is 87.5 Å². The van der Waals surface area contributed by atoms with Gasteiger partial charge in [0.1, 0.15) is 5.78 Å². The Morgan fingerprint density at radius 1 is 1.27 bits per heavy atom. The van der Waals surface area contributed by atoms with Crippen molar-refractivity contribution in [3.8, 4) is 0 Å². The fourth-order valence-corrected chi connectivity index (χ4v) is 4.57. The molecule has 1 fully saturated rings. The van der Waals surface area contributed by atoms with Crippen molar-refractivity contribution >= 4 is 28.9 Å². The molecular formula is C22H27N7O. The molecule has 8 nitrogen and oxygen atoms in total. The molecule has 3 heterocycles. The third-order valence-electron chi connectivity index (χ3n) is 6.51. The molecule has 0 radical (unpaired) electrons. The zero-order valence-electron chi connectivity index (χ0n) is 17.6. The Balaban J connectivity index is 1.43. The molecule has 2 aliphatic rings. The Labute approximate surface area is 175 Å². The summed E-state index contributed by atoms with van der Waals surface area (Å²) in [7, 11) is 2.08. The predicted octanol–water partition coefficient (Wildman–Crippen LogP) is 2.46. The number of rotatable bonds is 4. The molecular weight excluding hydrogens is 378 g/mol. The third-order valence-corrected chi connectivity index (χ3v) is 6.51. The fourth-order valence-electron chi connectivity index (χ4n) is 4.57. The molecule has 8 heteroatoms. The van der Waals surface area contributed by atoms with Gasteiger partial charge in [-0.05, 0) is 63.0 Å². The molecule has 0 spiro atoms. The van der Waals surface area contributed by atoms with Crippen LogP contribution in [0.4, 0.5) is 17.5 Å². The average Bonchev–Trinajstić information content (AvgIpc) is 3.25. The van der Waals surface area contributed by atoms with Gasteiger partial charge in [0.05, 0.1) is 0 Å². The van der Waals surface area contributed by atoms with Crippen LogP contribution in [0.15, 0.2) is 30.6 Å². The van der Waals surface area contributed by atoms with Gasteiger partial charge in [0.25, 0.3) is 0 Å². The van der Waals surface area contributed by atoms with Crippen molar-refractivity contribution in [1.29, 1.82) is 0 Å². The maximum absolute atomic E-state index is 12.3. The van der Waals surface area contributed by atoms with Crippen molar-refractivity contribution in [3.05, 3.63) is 41.7 Å². The van der Waals surface area contributed by atoms with Crippen molar-refractivity contribution in [2.75, 3.05) is 30.4 Å². The highest BCUT2D eigenvalue weighted by molar-refractivity contribution is 5.96. The lowest BCUT2D eigenvalue weighted by Gasteiger charge is -2.32. The standard InChI is InChI=1S/C22H27N7O/c1-22(2)17-5-4-15(12-14(17)13-18(22)30)25-21-26-20-19(24-10-11-29(20)27-21)28(3)16-6-8-23-9-7-16/h4-5,10-12,16,23H,6-9,13H2,1-3H3,(H,25,27). The summed E-state index contributed by atoms with van der Waals surface area (Å²) >= 11 is 0. The van der Waals surface area contributed by atoms with Crippen LogP contribution in [0, 0.1) is 0 Å². The lowest BCUT2D eigenvalue weighted by atomic mass is 9.86. The van der Waals surface area contributed by atoms with E-state index in [4.69, 9.17) is 4.98 Å². The number of piperidine rings is 1.